The Morgan fingerprint density at radius 1 is 1.18 bits per heavy atom. The van der Waals surface area contributed by atoms with Gasteiger partial charge in [-0.15, -0.1) is 11.3 Å². The summed E-state index contributed by atoms with van der Waals surface area (Å²) in [5, 5.41) is 9.85. The predicted octanol–water partition coefficient (Wildman–Crippen LogP) is 5.07. The number of ether oxygens (including phenoxy) is 1. The summed E-state index contributed by atoms with van der Waals surface area (Å²) in [7, 11) is 1.66. The van der Waals surface area contributed by atoms with Gasteiger partial charge in [-0.2, -0.15) is 13.2 Å². The van der Waals surface area contributed by atoms with Crippen LogP contribution in [0.3, 0.4) is 0 Å². The van der Waals surface area contributed by atoms with E-state index in [1.807, 2.05) is 6.92 Å². The van der Waals surface area contributed by atoms with Crippen molar-refractivity contribution in [3.05, 3.63) is 58.6 Å². The molecule has 2 aromatic heterocycles. The maximum atomic E-state index is 12.8. The number of halogens is 3. The van der Waals surface area contributed by atoms with Crippen molar-refractivity contribution in [2.24, 2.45) is 5.73 Å². The van der Waals surface area contributed by atoms with Crippen molar-refractivity contribution in [3.8, 4) is 5.69 Å². The number of amides is 1. The van der Waals surface area contributed by atoms with Gasteiger partial charge in [0.1, 0.15) is 0 Å². The van der Waals surface area contributed by atoms with Gasteiger partial charge in [-0.1, -0.05) is 0 Å². The SMILES string of the molecule is COCCCCO.Cc1nc2c(s1)c1cc(C(N)=O)ccc1n2-c1ccc(C(F)(F)F)cc1. The highest BCUT2D eigenvalue weighted by Crippen LogP contribution is 2.37. The van der Waals surface area contributed by atoms with Crippen LogP contribution >= 0.6 is 11.3 Å². The van der Waals surface area contributed by atoms with Gasteiger partial charge in [-0.05, 0) is 62.2 Å². The molecule has 0 spiro atoms. The fourth-order valence-electron chi connectivity index (χ4n) is 3.34. The Kier molecular flexibility index (Phi) is 7.72. The largest absolute Gasteiger partial charge is 0.416 e. The highest BCUT2D eigenvalue weighted by molar-refractivity contribution is 7.19. The van der Waals surface area contributed by atoms with Crippen LogP contribution in [0.4, 0.5) is 13.2 Å². The number of alkyl halides is 3. The van der Waals surface area contributed by atoms with Gasteiger partial charge < -0.3 is 15.6 Å². The lowest BCUT2D eigenvalue weighted by Crippen LogP contribution is -2.10. The molecule has 0 fully saturated rings. The minimum Gasteiger partial charge on any atom is -0.396 e. The number of carbonyl (C=O) groups is 1. The molecule has 4 rings (SSSR count). The van der Waals surface area contributed by atoms with E-state index in [4.69, 9.17) is 15.6 Å². The van der Waals surface area contributed by atoms with Crippen LogP contribution in [0.1, 0.15) is 33.8 Å². The van der Waals surface area contributed by atoms with Crippen molar-refractivity contribution in [3.63, 3.8) is 0 Å². The van der Waals surface area contributed by atoms with Crippen LogP contribution in [-0.4, -0.2) is 40.9 Å². The molecule has 1 amide bonds. The van der Waals surface area contributed by atoms with Gasteiger partial charge in [0.25, 0.3) is 0 Å². The Labute approximate surface area is 192 Å². The Hall–Kier alpha value is -2.95. The van der Waals surface area contributed by atoms with E-state index in [1.54, 1.807) is 29.9 Å². The number of unbranched alkanes of at least 4 members (excludes halogenated alkanes) is 1. The molecule has 176 valence electrons. The molecule has 0 aliphatic heterocycles. The fourth-order valence-corrected chi connectivity index (χ4v) is 4.27. The lowest BCUT2D eigenvalue weighted by molar-refractivity contribution is -0.137. The molecule has 2 heterocycles. The van der Waals surface area contributed by atoms with Gasteiger partial charge in [0.15, 0.2) is 5.65 Å². The number of rotatable bonds is 6. The highest BCUT2D eigenvalue weighted by atomic mass is 32.1. The Balaban J connectivity index is 0.000000383. The molecule has 0 saturated heterocycles. The third-order valence-electron chi connectivity index (χ3n) is 4.90. The maximum Gasteiger partial charge on any atom is 0.416 e. The van der Waals surface area contributed by atoms with Gasteiger partial charge in [-0.25, -0.2) is 4.98 Å². The van der Waals surface area contributed by atoms with Crippen molar-refractivity contribution in [1.82, 2.24) is 9.55 Å². The Bertz CT molecular complexity index is 1240. The van der Waals surface area contributed by atoms with Crippen molar-refractivity contribution < 1.29 is 27.8 Å². The third-order valence-corrected chi connectivity index (χ3v) is 5.90. The molecular formula is C23H24F3N3O3S. The van der Waals surface area contributed by atoms with E-state index >= 15 is 0 Å². The van der Waals surface area contributed by atoms with Gasteiger partial charge >= 0.3 is 6.18 Å². The number of aromatic nitrogens is 2. The molecule has 0 atom stereocenters. The van der Waals surface area contributed by atoms with Crippen LogP contribution in [0.25, 0.3) is 26.9 Å². The van der Waals surface area contributed by atoms with Crippen molar-refractivity contribution >= 4 is 38.5 Å². The van der Waals surface area contributed by atoms with Crippen molar-refractivity contribution in [2.75, 3.05) is 20.3 Å². The number of hydrogen-bond acceptors (Lipinski definition) is 5. The van der Waals surface area contributed by atoms with Crippen LogP contribution < -0.4 is 5.73 Å². The van der Waals surface area contributed by atoms with E-state index in [2.05, 4.69) is 4.98 Å². The number of aryl methyl sites for hydroxylation is 1. The second kappa shape index (κ2) is 10.3. The second-order valence-electron chi connectivity index (χ2n) is 7.29. The first-order valence-electron chi connectivity index (χ1n) is 10.2. The van der Waals surface area contributed by atoms with Crippen molar-refractivity contribution in [2.45, 2.75) is 25.9 Å². The number of hydrogen-bond donors (Lipinski definition) is 2. The van der Waals surface area contributed by atoms with Crippen LogP contribution in [0.15, 0.2) is 42.5 Å². The molecule has 0 aliphatic rings. The average Bonchev–Trinajstić information content (AvgIpc) is 3.28. The molecule has 0 radical (unpaired) electrons. The first kappa shape index (κ1) is 24.7. The van der Waals surface area contributed by atoms with E-state index in [9.17, 15) is 18.0 Å². The summed E-state index contributed by atoms with van der Waals surface area (Å²) in [6.45, 7) is 2.90. The first-order valence-corrected chi connectivity index (χ1v) is 11.0. The minimum absolute atomic E-state index is 0.281. The fraction of sp³-hybridized carbons (Fsp3) is 0.304. The third kappa shape index (κ3) is 5.52. The molecule has 0 unspecified atom stereocenters. The lowest BCUT2D eigenvalue weighted by Gasteiger charge is -2.10. The minimum atomic E-state index is -4.39. The standard InChI is InChI=1S/C18H12F3N3OS.C5H12O2/c1-9-23-17-15(26-9)13-8-10(16(22)25)2-7-14(13)24(17)12-5-3-11(4-6-12)18(19,20)21;1-7-5-3-2-4-6/h2-8H,1H3,(H2,22,25);6H,2-5H2,1H3. The monoisotopic (exact) mass is 479 g/mol. The molecule has 0 saturated carbocycles. The Morgan fingerprint density at radius 3 is 2.45 bits per heavy atom. The number of aliphatic hydroxyl groups is 1. The van der Waals surface area contributed by atoms with E-state index in [-0.39, 0.29) is 6.61 Å². The van der Waals surface area contributed by atoms with Crippen molar-refractivity contribution in [1.29, 1.82) is 0 Å². The van der Waals surface area contributed by atoms with Gasteiger partial charge in [-0.3, -0.25) is 9.36 Å². The number of nitrogens with zero attached hydrogens (tertiary/aromatic N) is 2. The summed E-state index contributed by atoms with van der Waals surface area (Å²) in [4.78, 5) is 16.0. The lowest BCUT2D eigenvalue weighted by atomic mass is 10.1. The van der Waals surface area contributed by atoms with Gasteiger partial charge in [0.05, 0.1) is 20.8 Å². The molecule has 10 heteroatoms. The smallest absolute Gasteiger partial charge is 0.396 e. The maximum absolute atomic E-state index is 12.8. The van der Waals surface area contributed by atoms with E-state index in [0.717, 1.165) is 52.2 Å². The first-order chi connectivity index (χ1) is 15.7. The second-order valence-corrected chi connectivity index (χ2v) is 8.49. The Morgan fingerprint density at radius 2 is 1.88 bits per heavy atom. The van der Waals surface area contributed by atoms with Crippen LogP contribution in [0, 0.1) is 6.92 Å². The highest BCUT2D eigenvalue weighted by Gasteiger charge is 2.30. The molecule has 0 bridgehead atoms. The van der Waals surface area contributed by atoms with Gasteiger partial charge in [0, 0.05) is 37.0 Å². The molecular weight excluding hydrogens is 455 g/mol. The van der Waals surface area contributed by atoms with Crippen LogP contribution in [0.5, 0.6) is 0 Å². The molecule has 0 aliphatic carbocycles. The zero-order chi connectivity index (χ0) is 24.2. The number of fused-ring (bicyclic) bond motifs is 3. The number of carbonyl (C=O) groups excluding carboxylic acids is 1. The molecule has 4 aromatic rings. The number of methoxy groups -OCH3 is 1. The molecule has 3 N–H and O–H groups in total. The quantitative estimate of drug-likeness (QED) is 0.378. The molecule has 33 heavy (non-hydrogen) atoms. The topological polar surface area (TPSA) is 90.4 Å². The summed E-state index contributed by atoms with van der Waals surface area (Å²) in [5.41, 5.74) is 6.99. The summed E-state index contributed by atoms with van der Waals surface area (Å²) in [6.07, 6.45) is -2.57. The predicted molar refractivity (Wildman–Crippen MR) is 123 cm³/mol. The van der Waals surface area contributed by atoms with Crippen LogP contribution in [-0.2, 0) is 10.9 Å². The number of primary amides is 1. The average molecular weight is 480 g/mol. The van der Waals surface area contributed by atoms with E-state index in [0.29, 0.717) is 16.9 Å². The zero-order valence-electron chi connectivity index (χ0n) is 18.1. The number of thiazole rings is 1. The molecule has 2 aromatic carbocycles. The summed E-state index contributed by atoms with van der Waals surface area (Å²) < 4.78 is 45.9. The van der Waals surface area contributed by atoms with Gasteiger partial charge in [0.2, 0.25) is 5.91 Å². The van der Waals surface area contributed by atoms with E-state index < -0.39 is 17.6 Å². The number of nitrogens with two attached hydrogens (primary N) is 1. The number of aliphatic hydroxyl groups excluding tert-OH is 1. The zero-order valence-corrected chi connectivity index (χ0v) is 19.0. The summed E-state index contributed by atoms with van der Waals surface area (Å²) in [5.74, 6) is -0.538. The molecule has 6 nitrogen and oxygen atoms in total. The summed E-state index contributed by atoms with van der Waals surface area (Å²) in [6, 6.07) is 9.95. The number of benzene rings is 2. The van der Waals surface area contributed by atoms with Crippen LogP contribution in [0.2, 0.25) is 0 Å². The summed E-state index contributed by atoms with van der Waals surface area (Å²) >= 11 is 1.46. The van der Waals surface area contributed by atoms with E-state index in [1.165, 1.54) is 23.5 Å². The normalized spacial score (nSPS) is 11.6.